The zero-order chi connectivity index (χ0) is 17.1. The van der Waals surface area contributed by atoms with Crippen molar-refractivity contribution in [1.29, 1.82) is 0 Å². The maximum atomic E-state index is 6.09. The van der Waals surface area contributed by atoms with Crippen LogP contribution in [0.25, 0.3) is 5.70 Å². The number of aromatic nitrogens is 2. The van der Waals surface area contributed by atoms with Crippen LogP contribution in [0.4, 0.5) is 28.8 Å². The average molecular weight is 318 g/mol. The first kappa shape index (κ1) is 15.4. The first-order chi connectivity index (χ1) is 11.6. The Hall–Kier alpha value is -3.54. The van der Waals surface area contributed by atoms with Gasteiger partial charge in [0.1, 0.15) is 0 Å². The van der Waals surface area contributed by atoms with Crippen molar-refractivity contribution in [3.63, 3.8) is 0 Å². The van der Waals surface area contributed by atoms with Gasteiger partial charge in [-0.2, -0.15) is 4.98 Å². The van der Waals surface area contributed by atoms with Gasteiger partial charge in [-0.15, -0.1) is 0 Å². The van der Waals surface area contributed by atoms with E-state index >= 15 is 0 Å². The van der Waals surface area contributed by atoms with E-state index in [1.54, 1.807) is 0 Å². The van der Waals surface area contributed by atoms with Gasteiger partial charge in [-0.3, -0.25) is 4.90 Å². The predicted octanol–water partition coefficient (Wildman–Crippen LogP) is 3.03. The Bertz CT molecular complexity index is 876. The van der Waals surface area contributed by atoms with Crippen molar-refractivity contribution < 1.29 is 0 Å². The van der Waals surface area contributed by atoms with Gasteiger partial charge in [-0.25, -0.2) is 4.98 Å². The highest BCUT2D eigenvalue weighted by Crippen LogP contribution is 2.36. The van der Waals surface area contributed by atoms with Gasteiger partial charge >= 0.3 is 0 Å². The molecule has 3 rings (SSSR count). The fourth-order valence-electron chi connectivity index (χ4n) is 2.40. The van der Waals surface area contributed by atoms with Crippen LogP contribution < -0.4 is 22.1 Å². The molecule has 0 saturated heterocycles. The Balaban J connectivity index is 2.18. The van der Waals surface area contributed by atoms with Crippen molar-refractivity contribution in [2.24, 2.45) is 0 Å². The first-order valence-electron chi connectivity index (χ1n) is 7.34. The van der Waals surface area contributed by atoms with Crippen molar-refractivity contribution >= 4 is 34.5 Å². The minimum Gasteiger partial charge on any atom is -0.399 e. The molecule has 1 aromatic heterocycles. The Morgan fingerprint density at radius 2 is 1.71 bits per heavy atom. The summed E-state index contributed by atoms with van der Waals surface area (Å²) in [5, 5.41) is 0. The number of nitrogens with two attached hydrogens (primary N) is 3. The van der Waals surface area contributed by atoms with E-state index in [2.05, 4.69) is 16.5 Å². The summed E-state index contributed by atoms with van der Waals surface area (Å²) in [6.07, 6.45) is 1.48. The number of rotatable bonds is 4. The number of hydrogen-bond donors (Lipinski definition) is 3. The number of hydrogen-bond acceptors (Lipinski definition) is 6. The third kappa shape index (κ3) is 2.98. The fourth-order valence-corrected chi connectivity index (χ4v) is 2.40. The van der Waals surface area contributed by atoms with E-state index in [0.29, 0.717) is 22.9 Å². The molecule has 0 amide bonds. The van der Waals surface area contributed by atoms with E-state index in [1.807, 2.05) is 59.5 Å². The van der Waals surface area contributed by atoms with Crippen LogP contribution in [0.2, 0.25) is 0 Å². The van der Waals surface area contributed by atoms with E-state index in [0.717, 1.165) is 11.3 Å². The lowest BCUT2D eigenvalue weighted by Gasteiger charge is -2.27. The smallest absolute Gasteiger partial charge is 0.222 e. The first-order valence-corrected chi connectivity index (χ1v) is 7.34. The van der Waals surface area contributed by atoms with Crippen LogP contribution in [-0.4, -0.2) is 9.97 Å². The second-order valence-corrected chi connectivity index (χ2v) is 5.25. The molecule has 0 aliphatic heterocycles. The minimum absolute atomic E-state index is 0.133. The Morgan fingerprint density at radius 3 is 2.42 bits per heavy atom. The van der Waals surface area contributed by atoms with Gasteiger partial charge in [0.15, 0.2) is 5.82 Å². The second kappa shape index (κ2) is 6.29. The van der Waals surface area contributed by atoms with Crippen molar-refractivity contribution in [2.45, 2.75) is 0 Å². The third-order valence-corrected chi connectivity index (χ3v) is 3.53. The molecule has 0 radical (unpaired) electrons. The summed E-state index contributed by atoms with van der Waals surface area (Å²) >= 11 is 0. The van der Waals surface area contributed by atoms with E-state index in [9.17, 15) is 0 Å². The van der Waals surface area contributed by atoms with Gasteiger partial charge in [0.25, 0.3) is 0 Å². The van der Waals surface area contributed by atoms with Crippen molar-refractivity contribution in [3.05, 3.63) is 72.9 Å². The highest BCUT2D eigenvalue weighted by molar-refractivity contribution is 5.90. The quantitative estimate of drug-likeness (QED) is 0.638. The molecule has 0 aliphatic rings. The molecule has 24 heavy (non-hydrogen) atoms. The molecule has 0 spiro atoms. The van der Waals surface area contributed by atoms with Gasteiger partial charge in [-0.1, -0.05) is 43.0 Å². The molecule has 0 aliphatic carbocycles. The van der Waals surface area contributed by atoms with Crippen molar-refractivity contribution in [3.8, 4) is 0 Å². The summed E-state index contributed by atoms with van der Waals surface area (Å²) < 4.78 is 0. The lowest BCUT2D eigenvalue weighted by atomic mass is 10.1. The van der Waals surface area contributed by atoms with Crippen LogP contribution in [0.5, 0.6) is 0 Å². The monoisotopic (exact) mass is 318 g/mol. The number of nitrogen functional groups attached to an aromatic ring is 3. The summed E-state index contributed by atoms with van der Waals surface area (Å²) in [6, 6.07) is 17.1. The zero-order valence-corrected chi connectivity index (χ0v) is 13.1. The van der Waals surface area contributed by atoms with Gasteiger partial charge in [0.05, 0.1) is 11.9 Å². The molecule has 0 bridgehead atoms. The molecule has 1 heterocycles. The highest BCUT2D eigenvalue weighted by atomic mass is 15.2. The van der Waals surface area contributed by atoms with Crippen LogP contribution in [0.1, 0.15) is 5.56 Å². The molecule has 3 aromatic rings. The molecule has 0 atom stereocenters. The number of anilines is 5. The molecule has 0 unspecified atom stereocenters. The lowest BCUT2D eigenvalue weighted by molar-refractivity contribution is 1.13. The molecular formula is C18H18N6. The molecule has 6 nitrogen and oxygen atoms in total. The van der Waals surface area contributed by atoms with Gasteiger partial charge in [-0.05, 0) is 23.8 Å². The van der Waals surface area contributed by atoms with Crippen LogP contribution in [0, 0.1) is 0 Å². The maximum Gasteiger partial charge on any atom is 0.222 e. The molecule has 6 heteroatoms. The maximum absolute atomic E-state index is 6.09. The molecule has 120 valence electrons. The SMILES string of the molecule is C=C(c1ccccc1)N(c1cccc(N)c1)c1nc(N)ncc1N. The van der Waals surface area contributed by atoms with Gasteiger partial charge in [0, 0.05) is 17.1 Å². The predicted molar refractivity (Wildman–Crippen MR) is 99.3 cm³/mol. The average Bonchev–Trinajstić information content (AvgIpc) is 2.59. The minimum atomic E-state index is 0.133. The summed E-state index contributed by atoms with van der Waals surface area (Å²) in [7, 11) is 0. The zero-order valence-electron chi connectivity index (χ0n) is 13.1. The Morgan fingerprint density at radius 1 is 0.958 bits per heavy atom. The van der Waals surface area contributed by atoms with Crippen LogP contribution in [-0.2, 0) is 0 Å². The van der Waals surface area contributed by atoms with Crippen LogP contribution in [0.3, 0.4) is 0 Å². The van der Waals surface area contributed by atoms with E-state index in [4.69, 9.17) is 17.2 Å². The topological polar surface area (TPSA) is 107 Å². The third-order valence-electron chi connectivity index (χ3n) is 3.53. The molecule has 0 fully saturated rings. The lowest BCUT2D eigenvalue weighted by Crippen LogP contribution is -2.19. The number of benzene rings is 2. The summed E-state index contributed by atoms with van der Waals surface area (Å²) in [5.41, 5.74) is 21.2. The summed E-state index contributed by atoms with van der Waals surface area (Å²) in [5.74, 6) is 0.593. The van der Waals surface area contributed by atoms with Crippen molar-refractivity contribution in [2.75, 3.05) is 22.1 Å². The molecular weight excluding hydrogens is 300 g/mol. The second-order valence-electron chi connectivity index (χ2n) is 5.25. The Kier molecular flexibility index (Phi) is 4.03. The van der Waals surface area contributed by atoms with Crippen molar-refractivity contribution in [1.82, 2.24) is 9.97 Å². The normalized spacial score (nSPS) is 10.3. The standard InChI is InChI=1S/C18H18N6/c1-12(13-6-3-2-4-7-13)24(15-9-5-8-14(19)10-15)17-16(20)11-22-18(21)23-17/h2-11H,1,19-20H2,(H2,21,22,23). The fraction of sp³-hybridized carbons (Fsp3) is 0. The van der Waals surface area contributed by atoms with Crippen LogP contribution in [0.15, 0.2) is 67.4 Å². The number of nitrogens with zero attached hydrogens (tertiary/aromatic N) is 3. The summed E-state index contributed by atoms with van der Waals surface area (Å²) in [4.78, 5) is 10.0. The molecule has 2 aromatic carbocycles. The van der Waals surface area contributed by atoms with E-state index in [-0.39, 0.29) is 5.95 Å². The molecule has 6 N–H and O–H groups in total. The molecule has 0 saturated carbocycles. The van der Waals surface area contributed by atoms with Crippen LogP contribution >= 0.6 is 0 Å². The largest absolute Gasteiger partial charge is 0.399 e. The van der Waals surface area contributed by atoms with E-state index < -0.39 is 0 Å². The van der Waals surface area contributed by atoms with Gasteiger partial charge < -0.3 is 17.2 Å². The van der Waals surface area contributed by atoms with Gasteiger partial charge in [0.2, 0.25) is 5.95 Å². The Labute approximate surface area is 140 Å². The summed E-state index contributed by atoms with van der Waals surface area (Å²) in [6.45, 7) is 4.21. The highest BCUT2D eigenvalue weighted by Gasteiger charge is 2.19. The van der Waals surface area contributed by atoms with E-state index in [1.165, 1.54) is 6.20 Å².